The quantitative estimate of drug-likeness (QED) is 0.851. The van der Waals surface area contributed by atoms with Gasteiger partial charge in [-0.05, 0) is 48.7 Å². The summed E-state index contributed by atoms with van der Waals surface area (Å²) >= 11 is 1.62. The Bertz CT molecular complexity index is 611. The molecule has 0 aliphatic carbocycles. The summed E-state index contributed by atoms with van der Waals surface area (Å²) in [6, 6.07) is 11.1. The van der Waals surface area contributed by atoms with Crippen LogP contribution in [0.15, 0.2) is 47.4 Å². The number of benzene rings is 2. The Morgan fingerprint density at radius 3 is 2.55 bits per heavy atom. The van der Waals surface area contributed by atoms with Crippen molar-refractivity contribution in [2.45, 2.75) is 11.5 Å². The van der Waals surface area contributed by atoms with Crippen molar-refractivity contribution < 1.29 is 19.0 Å². The zero-order chi connectivity index (χ0) is 14.5. The summed E-state index contributed by atoms with van der Waals surface area (Å²) in [6.07, 6.45) is 1.97. The molecule has 2 aromatic carbocycles. The molecule has 5 heteroatoms. The van der Waals surface area contributed by atoms with Gasteiger partial charge in [-0.2, -0.15) is 0 Å². The number of carboxylic acids is 1. The van der Waals surface area contributed by atoms with Crippen molar-refractivity contribution >= 4 is 17.7 Å². The van der Waals surface area contributed by atoms with Crippen LogP contribution in [0.4, 0.5) is 4.39 Å². The van der Waals surface area contributed by atoms with Crippen LogP contribution in [0.25, 0.3) is 0 Å². The van der Waals surface area contributed by atoms with Gasteiger partial charge in [-0.25, -0.2) is 9.18 Å². The molecule has 0 heterocycles. The first-order chi connectivity index (χ1) is 9.60. The maximum atomic E-state index is 13.6. The minimum atomic E-state index is -1.09. The first kappa shape index (κ1) is 14.4. The van der Waals surface area contributed by atoms with Crippen molar-refractivity contribution in [3.63, 3.8) is 0 Å². The average molecular weight is 292 g/mol. The topological polar surface area (TPSA) is 46.5 Å². The smallest absolute Gasteiger partial charge is 0.335 e. The number of halogens is 1. The Kier molecular flexibility index (Phi) is 4.63. The Morgan fingerprint density at radius 1 is 1.25 bits per heavy atom. The molecule has 1 N–H and O–H groups in total. The van der Waals surface area contributed by atoms with Crippen LogP contribution in [0, 0.1) is 5.82 Å². The number of aromatic carboxylic acids is 1. The summed E-state index contributed by atoms with van der Waals surface area (Å²) in [5.41, 5.74) is 0.265. The molecule has 0 saturated heterocycles. The monoisotopic (exact) mass is 292 g/mol. The molecule has 0 atom stereocenters. The normalized spacial score (nSPS) is 10.3. The fourth-order valence-electron chi connectivity index (χ4n) is 1.65. The molecular formula is C15H13FO3S. The third-order valence-electron chi connectivity index (χ3n) is 2.75. The molecule has 3 nitrogen and oxygen atoms in total. The van der Waals surface area contributed by atoms with Gasteiger partial charge in [0.1, 0.15) is 18.2 Å². The molecule has 0 unspecified atom stereocenters. The van der Waals surface area contributed by atoms with Gasteiger partial charge in [-0.3, -0.25) is 0 Å². The van der Waals surface area contributed by atoms with E-state index in [0.29, 0.717) is 5.75 Å². The zero-order valence-corrected chi connectivity index (χ0v) is 11.6. The predicted octanol–water partition coefficient (Wildman–Crippen LogP) is 3.82. The van der Waals surface area contributed by atoms with Gasteiger partial charge in [0, 0.05) is 10.5 Å². The van der Waals surface area contributed by atoms with Crippen LogP contribution >= 0.6 is 11.8 Å². The van der Waals surface area contributed by atoms with Crippen molar-refractivity contribution in [1.82, 2.24) is 0 Å². The first-order valence-electron chi connectivity index (χ1n) is 5.88. The van der Waals surface area contributed by atoms with Crippen LogP contribution < -0.4 is 4.74 Å². The molecule has 0 aliphatic heterocycles. The lowest BCUT2D eigenvalue weighted by Gasteiger charge is -2.08. The van der Waals surface area contributed by atoms with Gasteiger partial charge in [-0.15, -0.1) is 11.8 Å². The van der Waals surface area contributed by atoms with E-state index in [1.165, 1.54) is 12.1 Å². The van der Waals surface area contributed by atoms with Crippen molar-refractivity contribution in [3.05, 3.63) is 59.4 Å². The second-order valence-electron chi connectivity index (χ2n) is 4.08. The van der Waals surface area contributed by atoms with Crippen LogP contribution in [0.3, 0.4) is 0 Å². The predicted molar refractivity (Wildman–Crippen MR) is 75.9 cm³/mol. The number of hydrogen-bond donors (Lipinski definition) is 1. The summed E-state index contributed by atoms with van der Waals surface area (Å²) in [4.78, 5) is 12.0. The molecule has 0 radical (unpaired) electrons. The molecular weight excluding hydrogens is 279 g/mol. The standard InChI is InChI=1S/C15H13FO3S/c1-20-13-5-3-12(4-6-13)19-9-11-8-10(15(17)18)2-7-14(11)16/h2-8H,9H2,1H3,(H,17,18). The van der Waals surface area contributed by atoms with Crippen molar-refractivity contribution in [1.29, 1.82) is 0 Å². The molecule has 2 aromatic rings. The number of carboxylic acid groups (broad SMARTS) is 1. The summed E-state index contributed by atoms with van der Waals surface area (Å²) < 4.78 is 19.0. The number of thioether (sulfide) groups is 1. The van der Waals surface area contributed by atoms with E-state index in [1.54, 1.807) is 23.9 Å². The number of carbonyl (C=O) groups is 1. The fraction of sp³-hybridized carbons (Fsp3) is 0.133. The van der Waals surface area contributed by atoms with Gasteiger partial charge < -0.3 is 9.84 Å². The van der Waals surface area contributed by atoms with Crippen LogP contribution in [-0.4, -0.2) is 17.3 Å². The summed E-state index contributed by atoms with van der Waals surface area (Å²) in [5, 5.41) is 8.88. The second-order valence-corrected chi connectivity index (χ2v) is 4.96. The van der Waals surface area contributed by atoms with Gasteiger partial charge in [-0.1, -0.05) is 0 Å². The Hall–Kier alpha value is -2.01. The first-order valence-corrected chi connectivity index (χ1v) is 7.11. The van der Waals surface area contributed by atoms with Gasteiger partial charge in [0.25, 0.3) is 0 Å². The second kappa shape index (κ2) is 6.43. The molecule has 0 aromatic heterocycles. The fourth-order valence-corrected chi connectivity index (χ4v) is 2.06. The number of rotatable bonds is 5. The molecule has 0 aliphatic rings. The van der Waals surface area contributed by atoms with E-state index in [-0.39, 0.29) is 17.7 Å². The van der Waals surface area contributed by atoms with Crippen molar-refractivity contribution in [2.24, 2.45) is 0 Å². The highest BCUT2D eigenvalue weighted by Crippen LogP contribution is 2.20. The minimum absolute atomic E-state index is 0.00837. The third-order valence-corrected chi connectivity index (χ3v) is 3.49. The Balaban J connectivity index is 2.09. The number of hydrogen-bond acceptors (Lipinski definition) is 3. The highest BCUT2D eigenvalue weighted by molar-refractivity contribution is 7.98. The molecule has 0 spiro atoms. The van der Waals surface area contributed by atoms with Crippen molar-refractivity contribution in [3.8, 4) is 5.75 Å². The maximum Gasteiger partial charge on any atom is 0.335 e. The molecule has 0 bridgehead atoms. The van der Waals surface area contributed by atoms with E-state index in [9.17, 15) is 9.18 Å². The molecule has 0 amide bonds. The highest BCUT2D eigenvalue weighted by atomic mass is 32.2. The lowest BCUT2D eigenvalue weighted by Crippen LogP contribution is -2.03. The minimum Gasteiger partial charge on any atom is -0.489 e. The van der Waals surface area contributed by atoms with Crippen LogP contribution in [0.1, 0.15) is 15.9 Å². The summed E-state index contributed by atoms with van der Waals surface area (Å²) in [6.45, 7) is -0.00837. The Morgan fingerprint density at radius 2 is 1.95 bits per heavy atom. The maximum absolute atomic E-state index is 13.6. The van der Waals surface area contributed by atoms with Crippen LogP contribution in [0.5, 0.6) is 5.75 Å². The van der Waals surface area contributed by atoms with Crippen LogP contribution in [0.2, 0.25) is 0 Å². The SMILES string of the molecule is CSc1ccc(OCc2cc(C(=O)O)ccc2F)cc1. The van der Waals surface area contributed by atoms with Gasteiger partial charge in [0.05, 0.1) is 5.56 Å². The molecule has 104 valence electrons. The molecule has 0 saturated carbocycles. The van der Waals surface area contributed by atoms with Gasteiger partial charge >= 0.3 is 5.97 Å². The molecule has 0 fully saturated rings. The third kappa shape index (κ3) is 3.51. The summed E-state index contributed by atoms with van der Waals surface area (Å²) in [7, 11) is 0. The van der Waals surface area contributed by atoms with E-state index >= 15 is 0 Å². The zero-order valence-electron chi connectivity index (χ0n) is 10.8. The van der Waals surface area contributed by atoms with E-state index < -0.39 is 11.8 Å². The lowest BCUT2D eigenvalue weighted by molar-refractivity contribution is 0.0696. The van der Waals surface area contributed by atoms with E-state index in [4.69, 9.17) is 9.84 Å². The van der Waals surface area contributed by atoms with Gasteiger partial charge in [0.15, 0.2) is 0 Å². The van der Waals surface area contributed by atoms with Crippen molar-refractivity contribution in [2.75, 3.05) is 6.26 Å². The Labute approximate surface area is 120 Å². The number of ether oxygens (including phenoxy) is 1. The lowest BCUT2D eigenvalue weighted by atomic mass is 10.1. The highest BCUT2D eigenvalue weighted by Gasteiger charge is 2.09. The molecule has 2 rings (SSSR count). The van der Waals surface area contributed by atoms with E-state index in [2.05, 4.69) is 0 Å². The van der Waals surface area contributed by atoms with Gasteiger partial charge in [0.2, 0.25) is 0 Å². The van der Waals surface area contributed by atoms with E-state index in [1.807, 2.05) is 18.4 Å². The van der Waals surface area contributed by atoms with Crippen LogP contribution in [-0.2, 0) is 6.61 Å². The van der Waals surface area contributed by atoms with E-state index in [0.717, 1.165) is 11.0 Å². The largest absolute Gasteiger partial charge is 0.489 e. The molecule has 20 heavy (non-hydrogen) atoms. The average Bonchev–Trinajstić information content (AvgIpc) is 2.46. The summed E-state index contributed by atoms with van der Waals surface area (Å²) in [5.74, 6) is -0.950.